The maximum absolute atomic E-state index is 15.6. The minimum Gasteiger partial charge on any atom is -0.308 e. The third-order valence-corrected chi connectivity index (χ3v) is 11.2. The van der Waals surface area contributed by atoms with Gasteiger partial charge in [0, 0.05) is 39.1 Å². The van der Waals surface area contributed by atoms with Gasteiger partial charge in [0.1, 0.15) is 11.6 Å². The van der Waals surface area contributed by atoms with Gasteiger partial charge in [-0.3, -0.25) is 0 Å². The van der Waals surface area contributed by atoms with E-state index < -0.39 is 11.6 Å². The second kappa shape index (κ2) is 16.3. The lowest BCUT2D eigenvalue weighted by Gasteiger charge is -2.17. The molecule has 0 aliphatic carbocycles. The SMILES string of the molecule is N#Cc1cc(C#N)cc(-c2ccc3c(c2)c2cc(-c4cc(C#N)cc(C#N)c4)ccc2n3-c2ccc(-c3ccc(F)cc3F)cc2-c2nc(-c3ccccc3)nc(-c3ccccc3)n2)c1. The van der Waals surface area contributed by atoms with Crippen LogP contribution in [0.3, 0.4) is 0 Å². The zero-order chi connectivity index (χ0) is 44.6. The number of nitrogens with zero attached hydrogens (tertiary/aromatic N) is 8. The second-order valence-corrected chi connectivity index (χ2v) is 15.2. The van der Waals surface area contributed by atoms with Gasteiger partial charge in [-0.15, -0.1) is 0 Å². The Morgan fingerprint density at radius 2 is 0.831 bits per heavy atom. The highest BCUT2D eigenvalue weighted by molar-refractivity contribution is 6.12. The van der Waals surface area contributed by atoms with E-state index in [1.807, 2.05) is 103 Å². The minimum atomic E-state index is -0.730. The number of halogens is 2. The fraction of sp³-hybridized carbons (Fsp3) is 0. The molecule has 0 saturated heterocycles. The van der Waals surface area contributed by atoms with Gasteiger partial charge in [0.15, 0.2) is 17.5 Å². The van der Waals surface area contributed by atoms with Gasteiger partial charge in [-0.25, -0.2) is 23.7 Å². The Balaban J connectivity index is 1.29. The van der Waals surface area contributed by atoms with Crippen LogP contribution in [0.15, 0.2) is 170 Å². The van der Waals surface area contributed by atoms with E-state index in [1.165, 1.54) is 12.1 Å². The van der Waals surface area contributed by atoms with Crippen LogP contribution < -0.4 is 0 Å². The van der Waals surface area contributed by atoms with Crippen molar-refractivity contribution in [2.24, 2.45) is 0 Å². The zero-order valence-corrected chi connectivity index (χ0v) is 34.0. The molecule has 0 aliphatic rings. The molecular weight excluding hydrogens is 811 g/mol. The van der Waals surface area contributed by atoms with E-state index in [9.17, 15) is 25.4 Å². The molecule has 0 aliphatic heterocycles. The summed E-state index contributed by atoms with van der Waals surface area (Å²) < 4.78 is 32.0. The largest absolute Gasteiger partial charge is 0.308 e. The van der Waals surface area contributed by atoms with Crippen LogP contribution >= 0.6 is 0 Å². The van der Waals surface area contributed by atoms with E-state index in [2.05, 4.69) is 28.8 Å². The fourth-order valence-corrected chi connectivity index (χ4v) is 8.22. The molecule has 0 bridgehead atoms. The first-order valence-electron chi connectivity index (χ1n) is 20.3. The molecule has 10 heteroatoms. The summed E-state index contributed by atoms with van der Waals surface area (Å²) in [5.74, 6) is -0.289. The van der Waals surface area contributed by atoms with Crippen LogP contribution in [0, 0.1) is 57.0 Å². The van der Waals surface area contributed by atoms with Gasteiger partial charge < -0.3 is 4.57 Å². The predicted octanol–water partition coefficient (Wildman–Crippen LogP) is 12.7. The molecule has 2 heterocycles. The van der Waals surface area contributed by atoms with Gasteiger partial charge in [0.2, 0.25) is 0 Å². The van der Waals surface area contributed by atoms with Gasteiger partial charge in [-0.1, -0.05) is 78.9 Å². The van der Waals surface area contributed by atoms with Crippen LogP contribution in [0.5, 0.6) is 0 Å². The van der Waals surface area contributed by atoms with E-state index in [0.29, 0.717) is 67.7 Å². The zero-order valence-electron chi connectivity index (χ0n) is 34.0. The number of benzene rings is 8. The summed E-state index contributed by atoms with van der Waals surface area (Å²) in [7, 11) is 0. The van der Waals surface area contributed by atoms with Crippen molar-refractivity contribution in [3.8, 4) is 97.5 Å². The molecule has 0 unspecified atom stereocenters. The van der Waals surface area contributed by atoms with Crippen LogP contribution in [0.1, 0.15) is 22.3 Å². The lowest BCUT2D eigenvalue weighted by molar-refractivity contribution is 0.585. The van der Waals surface area contributed by atoms with E-state index in [1.54, 1.807) is 48.5 Å². The van der Waals surface area contributed by atoms with Crippen molar-refractivity contribution in [3.63, 3.8) is 0 Å². The summed E-state index contributed by atoms with van der Waals surface area (Å²) in [4.78, 5) is 15.1. The molecule has 0 saturated carbocycles. The highest BCUT2D eigenvalue weighted by Gasteiger charge is 2.22. The molecule has 0 atom stereocenters. The van der Waals surface area contributed by atoms with Crippen LogP contribution in [0.25, 0.3) is 95.0 Å². The monoisotopic (exact) mass is 838 g/mol. The Hall–Kier alpha value is -9.61. The molecule has 0 N–H and O–H groups in total. The van der Waals surface area contributed by atoms with Gasteiger partial charge >= 0.3 is 0 Å². The van der Waals surface area contributed by atoms with E-state index in [-0.39, 0.29) is 5.56 Å². The fourth-order valence-electron chi connectivity index (χ4n) is 8.22. The topological polar surface area (TPSA) is 139 Å². The Morgan fingerprint density at radius 3 is 1.29 bits per heavy atom. The molecule has 8 nitrogen and oxygen atoms in total. The molecule has 2 aromatic heterocycles. The van der Waals surface area contributed by atoms with Crippen molar-refractivity contribution in [3.05, 3.63) is 204 Å². The van der Waals surface area contributed by atoms with Crippen molar-refractivity contribution in [2.45, 2.75) is 0 Å². The summed E-state index contributed by atoms with van der Waals surface area (Å²) >= 11 is 0. The molecule has 8 aromatic carbocycles. The lowest BCUT2D eigenvalue weighted by atomic mass is 9.97. The highest BCUT2D eigenvalue weighted by atomic mass is 19.1. The van der Waals surface area contributed by atoms with Gasteiger partial charge in [-0.05, 0) is 113 Å². The first-order chi connectivity index (χ1) is 31.8. The third-order valence-electron chi connectivity index (χ3n) is 11.2. The molecule has 0 radical (unpaired) electrons. The molecule has 65 heavy (non-hydrogen) atoms. The highest BCUT2D eigenvalue weighted by Crippen LogP contribution is 2.41. The van der Waals surface area contributed by atoms with Crippen molar-refractivity contribution in [1.29, 1.82) is 21.0 Å². The maximum atomic E-state index is 15.6. The molecule has 0 amide bonds. The predicted molar refractivity (Wildman–Crippen MR) is 246 cm³/mol. The van der Waals surface area contributed by atoms with Crippen molar-refractivity contribution < 1.29 is 8.78 Å². The van der Waals surface area contributed by atoms with Crippen molar-refractivity contribution in [2.75, 3.05) is 0 Å². The third kappa shape index (κ3) is 7.36. The molecule has 302 valence electrons. The summed E-state index contributed by atoms with van der Waals surface area (Å²) in [6.45, 7) is 0. The molecular formula is C55H28F2N8. The Morgan fingerprint density at radius 1 is 0.369 bits per heavy atom. The lowest BCUT2D eigenvalue weighted by Crippen LogP contribution is -2.04. The van der Waals surface area contributed by atoms with E-state index in [0.717, 1.165) is 50.1 Å². The van der Waals surface area contributed by atoms with E-state index >= 15 is 4.39 Å². The summed E-state index contributed by atoms with van der Waals surface area (Å²) in [5.41, 5.74) is 9.12. The molecule has 10 rings (SSSR count). The Labute approximate surface area is 371 Å². The van der Waals surface area contributed by atoms with Crippen LogP contribution in [-0.4, -0.2) is 19.5 Å². The van der Waals surface area contributed by atoms with Gasteiger partial charge in [0.05, 0.1) is 63.3 Å². The minimum absolute atomic E-state index is 0.184. The Bertz CT molecular complexity index is 3480. The van der Waals surface area contributed by atoms with Crippen LogP contribution in [0.2, 0.25) is 0 Å². The number of aromatic nitrogens is 4. The quantitative estimate of drug-likeness (QED) is 0.156. The summed E-state index contributed by atoms with van der Waals surface area (Å²) in [6.07, 6.45) is 0. The maximum Gasteiger partial charge on any atom is 0.166 e. The first kappa shape index (κ1) is 39.5. The van der Waals surface area contributed by atoms with Crippen LogP contribution in [-0.2, 0) is 0 Å². The Kier molecular flexibility index (Phi) is 9.94. The number of hydrogen-bond acceptors (Lipinski definition) is 7. The van der Waals surface area contributed by atoms with Gasteiger partial charge in [-0.2, -0.15) is 21.0 Å². The smallest absolute Gasteiger partial charge is 0.166 e. The van der Waals surface area contributed by atoms with Crippen molar-refractivity contribution >= 4 is 21.8 Å². The molecule has 0 spiro atoms. The average molecular weight is 839 g/mol. The second-order valence-electron chi connectivity index (χ2n) is 15.2. The summed E-state index contributed by atoms with van der Waals surface area (Å²) in [5, 5.41) is 40.9. The number of fused-ring (bicyclic) bond motifs is 3. The van der Waals surface area contributed by atoms with Crippen molar-refractivity contribution in [1.82, 2.24) is 19.5 Å². The standard InChI is InChI=1S/C55H28F2N8/c56-44-14-15-45(49(57)28-44)41-13-18-52(48(27-41)55-63-53(37-7-3-1-4-8-37)62-54(64-55)38-9-5-2-6-10-38)65-50-16-11-39(42-21-33(29-58)19-34(22-42)30-59)25-46(50)47-26-40(12-17-51(47)65)43-23-35(31-60)20-36(24-43)32-61/h1-28H. The van der Waals surface area contributed by atoms with E-state index in [4.69, 9.17) is 15.0 Å². The molecule has 0 fully saturated rings. The summed E-state index contributed by atoms with van der Waals surface area (Å²) in [6, 6.07) is 58.5. The average Bonchev–Trinajstić information content (AvgIpc) is 3.69. The van der Waals surface area contributed by atoms with Gasteiger partial charge in [0.25, 0.3) is 0 Å². The number of hydrogen-bond donors (Lipinski definition) is 0. The first-order valence-corrected chi connectivity index (χ1v) is 20.3. The molecule has 10 aromatic rings. The normalized spacial score (nSPS) is 10.9. The van der Waals surface area contributed by atoms with Crippen LogP contribution in [0.4, 0.5) is 8.78 Å². The number of rotatable bonds is 7. The number of nitriles is 4.